The molecule has 2 atom stereocenters. The van der Waals surface area contributed by atoms with Crippen LogP contribution in [0.4, 0.5) is 5.82 Å². The van der Waals surface area contributed by atoms with Crippen LogP contribution in [0.25, 0.3) is 10.2 Å². The van der Waals surface area contributed by atoms with Gasteiger partial charge in [0.05, 0.1) is 5.39 Å². The van der Waals surface area contributed by atoms with Crippen molar-refractivity contribution in [3.63, 3.8) is 0 Å². The zero-order chi connectivity index (χ0) is 14.4. The number of anilines is 1. The predicted molar refractivity (Wildman–Crippen MR) is 87.1 cm³/mol. The van der Waals surface area contributed by atoms with Gasteiger partial charge in [0.15, 0.2) is 0 Å². The number of piperidine rings is 1. The maximum atomic E-state index is 6.14. The van der Waals surface area contributed by atoms with Crippen molar-refractivity contribution in [1.29, 1.82) is 0 Å². The van der Waals surface area contributed by atoms with Crippen LogP contribution in [-0.4, -0.2) is 23.1 Å². The SMILES string of the molecule is Cc1sc2nc(Cl)nc(N3CC(C)CC(C)C3)c2c1C. The molecule has 0 saturated carbocycles. The molecule has 2 aromatic heterocycles. The number of thiophene rings is 1. The van der Waals surface area contributed by atoms with Crippen molar-refractivity contribution < 1.29 is 0 Å². The summed E-state index contributed by atoms with van der Waals surface area (Å²) in [6.07, 6.45) is 1.29. The second-order valence-electron chi connectivity index (χ2n) is 6.13. The smallest absolute Gasteiger partial charge is 0.225 e. The molecule has 0 aliphatic carbocycles. The minimum atomic E-state index is 0.361. The van der Waals surface area contributed by atoms with E-state index in [1.54, 1.807) is 11.3 Å². The molecular formula is C15H20ClN3S. The van der Waals surface area contributed by atoms with Gasteiger partial charge in [0, 0.05) is 18.0 Å². The molecule has 0 radical (unpaired) electrons. The predicted octanol–water partition coefficient (Wildman–Crippen LogP) is 4.44. The summed E-state index contributed by atoms with van der Waals surface area (Å²) in [4.78, 5) is 13.7. The molecule has 0 N–H and O–H groups in total. The summed E-state index contributed by atoms with van der Waals surface area (Å²) in [5, 5.41) is 1.55. The Hall–Kier alpha value is -0.870. The Labute approximate surface area is 129 Å². The number of hydrogen-bond acceptors (Lipinski definition) is 4. The average molecular weight is 310 g/mol. The van der Waals surface area contributed by atoms with Gasteiger partial charge in [-0.1, -0.05) is 13.8 Å². The normalized spacial score (nSPS) is 23.6. The molecule has 3 nitrogen and oxygen atoms in total. The van der Waals surface area contributed by atoms with Crippen LogP contribution in [-0.2, 0) is 0 Å². The second-order valence-corrected chi connectivity index (χ2v) is 7.67. The Balaban J connectivity index is 2.14. The molecule has 1 fully saturated rings. The second kappa shape index (κ2) is 5.15. The van der Waals surface area contributed by atoms with Gasteiger partial charge in [-0.05, 0) is 49.3 Å². The van der Waals surface area contributed by atoms with Crippen molar-refractivity contribution in [1.82, 2.24) is 9.97 Å². The monoisotopic (exact) mass is 309 g/mol. The summed E-state index contributed by atoms with van der Waals surface area (Å²) in [7, 11) is 0. The first kappa shape index (κ1) is 14.1. The zero-order valence-corrected chi connectivity index (χ0v) is 14.0. The lowest BCUT2D eigenvalue weighted by Crippen LogP contribution is -2.39. The molecule has 1 aliphatic heterocycles. The highest BCUT2D eigenvalue weighted by atomic mass is 35.5. The zero-order valence-electron chi connectivity index (χ0n) is 12.4. The molecule has 20 heavy (non-hydrogen) atoms. The van der Waals surface area contributed by atoms with E-state index in [0.717, 1.165) is 23.7 Å². The van der Waals surface area contributed by atoms with Gasteiger partial charge in [-0.25, -0.2) is 4.98 Å². The lowest BCUT2D eigenvalue weighted by molar-refractivity contribution is 0.356. The highest BCUT2D eigenvalue weighted by molar-refractivity contribution is 7.18. The van der Waals surface area contributed by atoms with Gasteiger partial charge < -0.3 is 4.90 Å². The first-order chi connectivity index (χ1) is 9.45. The van der Waals surface area contributed by atoms with Gasteiger partial charge in [-0.15, -0.1) is 11.3 Å². The number of aromatic nitrogens is 2. The lowest BCUT2D eigenvalue weighted by atomic mass is 9.92. The van der Waals surface area contributed by atoms with Gasteiger partial charge in [-0.3, -0.25) is 0 Å². The number of halogens is 1. The molecular weight excluding hydrogens is 290 g/mol. The van der Waals surface area contributed by atoms with Crippen molar-refractivity contribution in [2.24, 2.45) is 11.8 Å². The van der Waals surface area contributed by atoms with Crippen LogP contribution in [0.5, 0.6) is 0 Å². The molecule has 1 saturated heterocycles. The Morgan fingerprint density at radius 1 is 1.15 bits per heavy atom. The van der Waals surface area contributed by atoms with Crippen LogP contribution in [0.2, 0.25) is 5.28 Å². The van der Waals surface area contributed by atoms with E-state index in [9.17, 15) is 0 Å². The Bertz CT molecular complexity index is 642. The van der Waals surface area contributed by atoms with Gasteiger partial charge >= 0.3 is 0 Å². The highest BCUT2D eigenvalue weighted by Crippen LogP contribution is 2.37. The maximum Gasteiger partial charge on any atom is 0.225 e. The summed E-state index contributed by atoms with van der Waals surface area (Å²) in [5.41, 5.74) is 1.29. The summed E-state index contributed by atoms with van der Waals surface area (Å²) in [5.74, 6) is 2.42. The molecule has 2 unspecified atom stereocenters. The lowest BCUT2D eigenvalue weighted by Gasteiger charge is -2.36. The fourth-order valence-electron chi connectivity index (χ4n) is 3.27. The number of aryl methyl sites for hydroxylation is 2. The molecule has 0 spiro atoms. The molecule has 108 valence electrons. The van der Waals surface area contributed by atoms with Crippen molar-refractivity contribution in [3.05, 3.63) is 15.7 Å². The van der Waals surface area contributed by atoms with Gasteiger partial charge in [0.25, 0.3) is 0 Å². The van der Waals surface area contributed by atoms with E-state index < -0.39 is 0 Å². The van der Waals surface area contributed by atoms with Gasteiger partial charge in [0.2, 0.25) is 5.28 Å². The average Bonchev–Trinajstić information content (AvgIpc) is 2.62. The first-order valence-electron chi connectivity index (χ1n) is 7.14. The molecule has 5 heteroatoms. The van der Waals surface area contributed by atoms with E-state index in [2.05, 4.69) is 42.6 Å². The number of hydrogen-bond donors (Lipinski definition) is 0. The van der Waals surface area contributed by atoms with Crippen LogP contribution >= 0.6 is 22.9 Å². The van der Waals surface area contributed by atoms with E-state index in [1.165, 1.54) is 22.2 Å². The quantitative estimate of drug-likeness (QED) is 0.729. The largest absolute Gasteiger partial charge is 0.355 e. The summed E-state index contributed by atoms with van der Waals surface area (Å²) >= 11 is 7.85. The molecule has 1 aliphatic rings. The standard InChI is InChI=1S/C15H20ClN3S/c1-8-5-9(2)7-19(6-8)13-12-10(3)11(4)20-14(12)18-15(16)17-13/h8-9H,5-7H2,1-4H3. The third kappa shape index (κ3) is 2.40. The molecule has 3 heterocycles. The molecule has 0 amide bonds. The van der Waals surface area contributed by atoms with E-state index in [-0.39, 0.29) is 0 Å². The van der Waals surface area contributed by atoms with Gasteiger partial charge in [-0.2, -0.15) is 4.98 Å². The summed E-state index contributed by atoms with van der Waals surface area (Å²) < 4.78 is 0. The van der Waals surface area contributed by atoms with Crippen LogP contribution < -0.4 is 4.90 Å². The van der Waals surface area contributed by atoms with Crippen molar-refractivity contribution in [2.75, 3.05) is 18.0 Å². The van der Waals surface area contributed by atoms with E-state index in [4.69, 9.17) is 11.6 Å². The van der Waals surface area contributed by atoms with Crippen LogP contribution in [0.3, 0.4) is 0 Å². The fourth-order valence-corrected chi connectivity index (χ4v) is 4.51. The topological polar surface area (TPSA) is 29.0 Å². The van der Waals surface area contributed by atoms with E-state index in [0.29, 0.717) is 17.1 Å². The van der Waals surface area contributed by atoms with Crippen LogP contribution in [0.15, 0.2) is 0 Å². The van der Waals surface area contributed by atoms with Crippen molar-refractivity contribution in [3.8, 4) is 0 Å². The fraction of sp³-hybridized carbons (Fsp3) is 0.600. The van der Waals surface area contributed by atoms with Gasteiger partial charge in [0.1, 0.15) is 10.6 Å². The molecule has 3 rings (SSSR count). The minimum Gasteiger partial charge on any atom is -0.355 e. The van der Waals surface area contributed by atoms with E-state index >= 15 is 0 Å². The summed E-state index contributed by atoms with van der Waals surface area (Å²) in [6.45, 7) is 11.0. The first-order valence-corrected chi connectivity index (χ1v) is 8.33. The van der Waals surface area contributed by atoms with Crippen LogP contribution in [0, 0.1) is 25.7 Å². The van der Waals surface area contributed by atoms with Crippen molar-refractivity contribution >= 4 is 39.0 Å². The molecule has 2 aromatic rings. The molecule has 0 aromatic carbocycles. The highest BCUT2D eigenvalue weighted by Gasteiger charge is 2.26. The Morgan fingerprint density at radius 2 is 1.80 bits per heavy atom. The Morgan fingerprint density at radius 3 is 2.45 bits per heavy atom. The Kier molecular flexibility index (Phi) is 3.63. The number of nitrogens with zero attached hydrogens (tertiary/aromatic N) is 3. The minimum absolute atomic E-state index is 0.361. The number of fused-ring (bicyclic) bond motifs is 1. The number of rotatable bonds is 1. The third-order valence-electron chi connectivity index (χ3n) is 4.15. The maximum absolute atomic E-state index is 6.14. The third-order valence-corrected chi connectivity index (χ3v) is 5.42. The summed E-state index contributed by atoms with van der Waals surface area (Å²) in [6, 6.07) is 0. The van der Waals surface area contributed by atoms with Crippen molar-refractivity contribution in [2.45, 2.75) is 34.1 Å². The van der Waals surface area contributed by atoms with E-state index in [1.807, 2.05) is 0 Å². The van der Waals surface area contributed by atoms with Crippen LogP contribution in [0.1, 0.15) is 30.7 Å². The molecule has 0 bridgehead atoms.